The lowest BCUT2D eigenvalue weighted by Crippen LogP contribution is -2.24. The third-order valence-corrected chi connectivity index (χ3v) is 4.39. The molecule has 0 bridgehead atoms. The van der Waals surface area contributed by atoms with E-state index >= 15 is 0 Å². The Balaban J connectivity index is 1.86. The summed E-state index contributed by atoms with van der Waals surface area (Å²) in [5, 5.41) is 7.86. The molecule has 0 saturated carbocycles. The summed E-state index contributed by atoms with van der Waals surface area (Å²) in [7, 11) is 3.70. The van der Waals surface area contributed by atoms with Crippen molar-refractivity contribution in [2.75, 3.05) is 7.11 Å². The monoisotopic (exact) mass is 313 g/mol. The van der Waals surface area contributed by atoms with Crippen LogP contribution in [0.15, 0.2) is 53.5 Å². The first-order valence-electron chi connectivity index (χ1n) is 7.13. The van der Waals surface area contributed by atoms with E-state index in [1.165, 1.54) is 11.1 Å². The number of imidazole rings is 1. The van der Waals surface area contributed by atoms with Gasteiger partial charge in [-0.15, -0.1) is 0 Å². The molecule has 0 aliphatic rings. The van der Waals surface area contributed by atoms with Gasteiger partial charge in [0.2, 0.25) is 0 Å². The molecule has 22 heavy (non-hydrogen) atoms. The zero-order valence-electron chi connectivity index (χ0n) is 12.7. The highest BCUT2D eigenvalue weighted by Crippen LogP contribution is 2.23. The average Bonchev–Trinajstić information content (AvgIpc) is 3.20. The lowest BCUT2D eigenvalue weighted by molar-refractivity contribution is 0.414. The summed E-state index contributed by atoms with van der Waals surface area (Å²) in [6, 6.07) is 10.3. The Morgan fingerprint density at radius 3 is 2.68 bits per heavy atom. The fourth-order valence-electron chi connectivity index (χ4n) is 2.42. The molecule has 3 rings (SSSR count). The zero-order chi connectivity index (χ0) is 15.4. The maximum absolute atomic E-state index is 5.24. The second kappa shape index (κ2) is 6.77. The highest BCUT2D eigenvalue weighted by Gasteiger charge is 2.18. The summed E-state index contributed by atoms with van der Waals surface area (Å²) in [6.45, 7) is 0.813. The van der Waals surface area contributed by atoms with Crippen molar-refractivity contribution in [3.63, 3.8) is 0 Å². The van der Waals surface area contributed by atoms with Crippen LogP contribution in [0, 0.1) is 0 Å². The fourth-order valence-corrected chi connectivity index (χ4v) is 3.09. The summed E-state index contributed by atoms with van der Waals surface area (Å²) in [5.74, 6) is 1.86. The number of nitrogens with one attached hydrogen (secondary N) is 1. The predicted octanol–water partition coefficient (Wildman–Crippen LogP) is 3.37. The molecule has 0 spiro atoms. The van der Waals surface area contributed by atoms with E-state index in [4.69, 9.17) is 4.74 Å². The quantitative estimate of drug-likeness (QED) is 0.758. The molecule has 1 atom stereocenters. The average molecular weight is 313 g/mol. The molecule has 0 unspecified atom stereocenters. The highest BCUT2D eigenvalue weighted by molar-refractivity contribution is 7.07. The van der Waals surface area contributed by atoms with Gasteiger partial charge in [-0.25, -0.2) is 4.98 Å². The predicted molar refractivity (Wildman–Crippen MR) is 89.2 cm³/mol. The van der Waals surface area contributed by atoms with E-state index < -0.39 is 0 Å². The van der Waals surface area contributed by atoms with Crippen LogP contribution in [-0.4, -0.2) is 16.7 Å². The molecule has 1 N–H and O–H groups in total. The van der Waals surface area contributed by atoms with Crippen molar-refractivity contribution in [3.8, 4) is 5.75 Å². The normalized spacial score (nSPS) is 12.3. The Kier molecular flexibility index (Phi) is 4.56. The number of methoxy groups -OCH3 is 1. The molecule has 4 nitrogen and oxygen atoms in total. The standard InChI is InChI=1S/C17H19N3OS/c1-20-9-8-18-17(20)16(19-11-13-7-10-22-12-13)14-3-5-15(21-2)6-4-14/h3-10,12,16,19H,11H2,1-2H3/t16-/m1/s1. The van der Waals surface area contributed by atoms with Crippen molar-refractivity contribution >= 4 is 11.3 Å². The van der Waals surface area contributed by atoms with Gasteiger partial charge in [0.05, 0.1) is 13.2 Å². The molecule has 0 fully saturated rings. The summed E-state index contributed by atoms with van der Waals surface area (Å²) in [4.78, 5) is 4.51. The van der Waals surface area contributed by atoms with E-state index in [1.807, 2.05) is 31.6 Å². The van der Waals surface area contributed by atoms with Crippen LogP contribution < -0.4 is 10.1 Å². The van der Waals surface area contributed by atoms with E-state index in [9.17, 15) is 0 Å². The van der Waals surface area contributed by atoms with Gasteiger partial charge >= 0.3 is 0 Å². The Morgan fingerprint density at radius 1 is 1.27 bits per heavy atom. The molecule has 0 aliphatic heterocycles. The molecule has 114 valence electrons. The molecule has 2 heterocycles. The molecular weight excluding hydrogens is 294 g/mol. The topological polar surface area (TPSA) is 39.1 Å². The van der Waals surface area contributed by atoms with Crippen molar-refractivity contribution in [1.29, 1.82) is 0 Å². The van der Waals surface area contributed by atoms with Crippen LogP contribution in [0.5, 0.6) is 5.75 Å². The fraction of sp³-hybridized carbons (Fsp3) is 0.235. The summed E-state index contributed by atoms with van der Waals surface area (Å²) >= 11 is 1.72. The van der Waals surface area contributed by atoms with Crippen LogP contribution in [0.4, 0.5) is 0 Å². The van der Waals surface area contributed by atoms with Gasteiger partial charge in [0.15, 0.2) is 0 Å². The van der Waals surface area contributed by atoms with Crippen molar-refractivity contribution in [3.05, 3.63) is 70.4 Å². The number of benzene rings is 1. The van der Waals surface area contributed by atoms with Crippen LogP contribution in [0.3, 0.4) is 0 Å². The van der Waals surface area contributed by atoms with Gasteiger partial charge in [-0.1, -0.05) is 12.1 Å². The molecule has 0 aliphatic carbocycles. The van der Waals surface area contributed by atoms with Crippen molar-refractivity contribution < 1.29 is 4.74 Å². The van der Waals surface area contributed by atoms with Crippen LogP contribution in [0.1, 0.15) is 23.0 Å². The van der Waals surface area contributed by atoms with E-state index in [0.29, 0.717) is 0 Å². The second-order valence-electron chi connectivity index (χ2n) is 5.12. The highest BCUT2D eigenvalue weighted by atomic mass is 32.1. The van der Waals surface area contributed by atoms with Crippen molar-refractivity contribution in [2.24, 2.45) is 7.05 Å². The van der Waals surface area contributed by atoms with Crippen molar-refractivity contribution in [1.82, 2.24) is 14.9 Å². The summed E-state index contributed by atoms with van der Waals surface area (Å²) in [6.07, 6.45) is 3.80. The summed E-state index contributed by atoms with van der Waals surface area (Å²) < 4.78 is 7.29. The number of aryl methyl sites for hydroxylation is 1. The Bertz CT molecular complexity index is 704. The van der Waals surface area contributed by atoms with Gasteiger partial charge in [-0.2, -0.15) is 11.3 Å². The van der Waals surface area contributed by atoms with Gasteiger partial charge in [0.25, 0.3) is 0 Å². The second-order valence-corrected chi connectivity index (χ2v) is 5.90. The number of thiophene rings is 1. The van der Waals surface area contributed by atoms with Gasteiger partial charge < -0.3 is 9.30 Å². The van der Waals surface area contributed by atoms with Gasteiger partial charge in [0, 0.05) is 26.0 Å². The van der Waals surface area contributed by atoms with E-state index in [1.54, 1.807) is 18.4 Å². The van der Waals surface area contributed by atoms with E-state index in [0.717, 1.165) is 18.1 Å². The Hall–Kier alpha value is -2.11. The lowest BCUT2D eigenvalue weighted by atomic mass is 10.1. The third-order valence-electron chi connectivity index (χ3n) is 3.66. The Morgan fingerprint density at radius 2 is 2.09 bits per heavy atom. The lowest BCUT2D eigenvalue weighted by Gasteiger charge is -2.19. The third kappa shape index (κ3) is 3.21. The van der Waals surface area contributed by atoms with Crippen LogP contribution in [-0.2, 0) is 13.6 Å². The van der Waals surface area contributed by atoms with Crippen LogP contribution >= 0.6 is 11.3 Å². The molecule has 3 aromatic rings. The smallest absolute Gasteiger partial charge is 0.130 e. The van der Waals surface area contributed by atoms with Gasteiger partial charge in [-0.05, 0) is 40.1 Å². The van der Waals surface area contributed by atoms with Gasteiger partial charge in [-0.3, -0.25) is 5.32 Å². The first kappa shape index (κ1) is 14.8. The first-order chi connectivity index (χ1) is 10.8. The minimum atomic E-state index is 0.0470. The van der Waals surface area contributed by atoms with E-state index in [-0.39, 0.29) is 6.04 Å². The molecule has 2 aromatic heterocycles. The van der Waals surface area contributed by atoms with Crippen molar-refractivity contribution in [2.45, 2.75) is 12.6 Å². The number of aromatic nitrogens is 2. The molecule has 0 amide bonds. The number of hydrogen-bond acceptors (Lipinski definition) is 4. The molecule has 0 radical (unpaired) electrons. The SMILES string of the molecule is COc1ccc([C@@H](NCc2ccsc2)c2nccn2C)cc1. The minimum Gasteiger partial charge on any atom is -0.497 e. The van der Waals surface area contributed by atoms with Gasteiger partial charge in [0.1, 0.15) is 11.6 Å². The van der Waals surface area contributed by atoms with E-state index in [2.05, 4.69) is 43.8 Å². The number of hydrogen-bond donors (Lipinski definition) is 1. The van der Waals surface area contributed by atoms with Crippen LogP contribution in [0.25, 0.3) is 0 Å². The molecule has 5 heteroatoms. The summed E-state index contributed by atoms with van der Waals surface area (Å²) in [5.41, 5.74) is 2.46. The largest absolute Gasteiger partial charge is 0.497 e. The number of nitrogens with zero attached hydrogens (tertiary/aromatic N) is 2. The molecular formula is C17H19N3OS. The maximum Gasteiger partial charge on any atom is 0.130 e. The minimum absolute atomic E-state index is 0.0470. The van der Waals surface area contributed by atoms with Crippen LogP contribution in [0.2, 0.25) is 0 Å². The number of ether oxygens (including phenoxy) is 1. The zero-order valence-corrected chi connectivity index (χ0v) is 13.5. The number of rotatable bonds is 6. The molecule has 0 saturated heterocycles. The molecule has 1 aromatic carbocycles. The Labute approximate surface area is 134 Å². The maximum atomic E-state index is 5.24. The first-order valence-corrected chi connectivity index (χ1v) is 8.08.